The molecule has 0 unspecified atom stereocenters. The Bertz CT molecular complexity index is 1020. The molecule has 0 aliphatic carbocycles. The zero-order valence-electron chi connectivity index (χ0n) is 18.5. The van der Waals surface area contributed by atoms with E-state index < -0.39 is 0 Å². The number of ether oxygens (including phenoxy) is 1. The summed E-state index contributed by atoms with van der Waals surface area (Å²) >= 11 is 1.95. The van der Waals surface area contributed by atoms with Crippen molar-refractivity contribution in [3.8, 4) is 11.5 Å². The molecule has 2 atom stereocenters. The molecule has 0 radical (unpaired) electrons. The Morgan fingerprint density at radius 2 is 1.66 bits per heavy atom. The van der Waals surface area contributed by atoms with E-state index in [0.717, 1.165) is 17.1 Å². The summed E-state index contributed by atoms with van der Waals surface area (Å²) in [6.45, 7) is 4.31. The maximum atomic E-state index is 9.95. The first-order chi connectivity index (χ1) is 15.8. The normalized spacial score (nSPS) is 21.0. The molecule has 0 aromatic heterocycles. The average molecular weight is 446 g/mol. The maximum Gasteiger partial charge on any atom is 0.126 e. The number of thioether (sulfide) groups is 1. The summed E-state index contributed by atoms with van der Waals surface area (Å²) in [7, 11) is 0. The highest BCUT2D eigenvalue weighted by atomic mass is 32.2. The minimum Gasteiger partial charge on any atom is -0.508 e. The van der Waals surface area contributed by atoms with Crippen LogP contribution in [-0.2, 0) is 0 Å². The number of hydrogen-bond donors (Lipinski definition) is 1. The molecule has 2 heterocycles. The fraction of sp³-hybridized carbons (Fsp3) is 0.357. The third kappa shape index (κ3) is 4.82. The van der Waals surface area contributed by atoms with Crippen LogP contribution in [-0.4, -0.2) is 42.0 Å². The average Bonchev–Trinajstić information content (AvgIpc) is 2.85. The zero-order chi connectivity index (χ0) is 21.8. The molecule has 166 valence electrons. The van der Waals surface area contributed by atoms with Gasteiger partial charge in [-0.15, -0.1) is 11.8 Å². The second kappa shape index (κ2) is 10.0. The summed E-state index contributed by atoms with van der Waals surface area (Å²) in [4.78, 5) is 3.93. The Kier molecular flexibility index (Phi) is 6.70. The van der Waals surface area contributed by atoms with E-state index in [0.29, 0.717) is 6.61 Å². The van der Waals surface area contributed by atoms with E-state index in [2.05, 4.69) is 59.5 Å². The van der Waals surface area contributed by atoms with E-state index in [-0.39, 0.29) is 17.6 Å². The topological polar surface area (TPSA) is 32.7 Å². The fourth-order valence-electron chi connectivity index (χ4n) is 5.05. The first kappa shape index (κ1) is 21.4. The molecule has 0 amide bonds. The number of benzene rings is 3. The molecule has 2 aliphatic rings. The molecule has 0 bridgehead atoms. The van der Waals surface area contributed by atoms with Crippen LogP contribution in [0.4, 0.5) is 0 Å². The number of rotatable bonds is 6. The number of piperidine rings is 1. The van der Waals surface area contributed by atoms with Crippen molar-refractivity contribution in [1.29, 1.82) is 0 Å². The van der Waals surface area contributed by atoms with Crippen molar-refractivity contribution in [2.75, 3.05) is 32.0 Å². The molecule has 1 saturated heterocycles. The first-order valence-corrected chi connectivity index (χ1v) is 12.7. The predicted molar refractivity (Wildman–Crippen MR) is 132 cm³/mol. The number of fused-ring (bicyclic) bond motifs is 1. The number of aromatic hydroxyl groups is 1. The molecule has 2 aliphatic heterocycles. The van der Waals surface area contributed by atoms with E-state index >= 15 is 0 Å². The zero-order valence-corrected chi connectivity index (χ0v) is 19.3. The van der Waals surface area contributed by atoms with Gasteiger partial charge in [0, 0.05) is 40.7 Å². The molecule has 0 saturated carbocycles. The summed E-state index contributed by atoms with van der Waals surface area (Å²) in [5, 5.41) is 9.95. The third-order valence-corrected chi connectivity index (χ3v) is 7.74. The monoisotopic (exact) mass is 445 g/mol. The van der Waals surface area contributed by atoms with Crippen molar-refractivity contribution < 1.29 is 9.84 Å². The summed E-state index contributed by atoms with van der Waals surface area (Å²) in [6, 6.07) is 25.3. The Morgan fingerprint density at radius 1 is 0.875 bits per heavy atom. The number of phenols is 1. The summed E-state index contributed by atoms with van der Waals surface area (Å²) in [5.41, 5.74) is 3.74. The highest BCUT2D eigenvalue weighted by Crippen LogP contribution is 2.47. The van der Waals surface area contributed by atoms with Gasteiger partial charge in [0.15, 0.2) is 0 Å². The largest absolute Gasteiger partial charge is 0.508 e. The Hall–Kier alpha value is -2.43. The van der Waals surface area contributed by atoms with Crippen molar-refractivity contribution in [2.24, 2.45) is 0 Å². The van der Waals surface area contributed by atoms with Gasteiger partial charge in [-0.25, -0.2) is 0 Å². The van der Waals surface area contributed by atoms with Gasteiger partial charge in [-0.3, -0.25) is 0 Å². The molecule has 3 nitrogen and oxygen atoms in total. The number of likely N-dealkylation sites (tertiary alicyclic amines) is 1. The smallest absolute Gasteiger partial charge is 0.126 e. The molecule has 3 aromatic rings. The Morgan fingerprint density at radius 3 is 2.44 bits per heavy atom. The van der Waals surface area contributed by atoms with Crippen molar-refractivity contribution in [2.45, 2.75) is 36.0 Å². The van der Waals surface area contributed by atoms with E-state index in [1.807, 2.05) is 17.8 Å². The molecule has 32 heavy (non-hydrogen) atoms. The van der Waals surface area contributed by atoms with E-state index in [9.17, 15) is 5.11 Å². The fourth-order valence-corrected chi connectivity index (χ4v) is 5.96. The molecule has 1 N–H and O–H groups in total. The second-order valence-electron chi connectivity index (χ2n) is 8.85. The highest BCUT2D eigenvalue weighted by molar-refractivity contribution is 7.99. The van der Waals surface area contributed by atoms with Crippen LogP contribution in [0.15, 0.2) is 77.7 Å². The molecule has 5 rings (SSSR count). The van der Waals surface area contributed by atoms with Gasteiger partial charge in [-0.1, -0.05) is 55.0 Å². The number of nitrogens with zero attached hydrogens (tertiary/aromatic N) is 1. The van der Waals surface area contributed by atoms with Gasteiger partial charge < -0.3 is 14.7 Å². The Balaban J connectivity index is 1.35. The van der Waals surface area contributed by atoms with Gasteiger partial charge >= 0.3 is 0 Å². The molecule has 1 fully saturated rings. The van der Waals surface area contributed by atoms with Gasteiger partial charge in [0.2, 0.25) is 0 Å². The van der Waals surface area contributed by atoms with Gasteiger partial charge in [0.1, 0.15) is 11.5 Å². The van der Waals surface area contributed by atoms with Crippen LogP contribution in [0.25, 0.3) is 0 Å². The van der Waals surface area contributed by atoms with E-state index in [1.165, 1.54) is 54.9 Å². The molecule has 3 aromatic carbocycles. The molecule has 0 spiro atoms. The van der Waals surface area contributed by atoms with Crippen LogP contribution in [0.1, 0.15) is 47.8 Å². The van der Waals surface area contributed by atoms with Crippen LogP contribution in [0.2, 0.25) is 0 Å². The molecule has 4 heteroatoms. The summed E-state index contributed by atoms with van der Waals surface area (Å²) in [5.74, 6) is 2.63. The quantitative estimate of drug-likeness (QED) is 0.453. The minimum absolute atomic E-state index is 0.203. The number of phenolic OH excluding ortho intramolecular Hbond substituents is 1. The van der Waals surface area contributed by atoms with Crippen molar-refractivity contribution in [1.82, 2.24) is 4.90 Å². The highest BCUT2D eigenvalue weighted by Gasteiger charge is 2.33. The standard InChI is InChI=1S/C28H31NO2S/c30-23-11-14-25-27(19-23)31-20-26(21-7-3-1-4-8-21)28(25)22-9-12-24(13-10-22)32-18-17-29-15-5-2-6-16-29/h1,3-4,7-14,19,26,28,30H,2,5-6,15-18,20H2/t26-,28-/m1/s1. The van der Waals surface area contributed by atoms with Gasteiger partial charge in [-0.2, -0.15) is 0 Å². The lowest BCUT2D eigenvalue weighted by Gasteiger charge is -2.34. The maximum absolute atomic E-state index is 9.95. The first-order valence-electron chi connectivity index (χ1n) is 11.7. The van der Waals surface area contributed by atoms with Crippen molar-refractivity contribution in [3.05, 3.63) is 89.5 Å². The molecular formula is C28H31NO2S. The summed E-state index contributed by atoms with van der Waals surface area (Å²) < 4.78 is 6.09. The molecular weight excluding hydrogens is 414 g/mol. The van der Waals surface area contributed by atoms with Crippen LogP contribution in [0.5, 0.6) is 11.5 Å². The lowest BCUT2D eigenvalue weighted by Crippen LogP contribution is -2.31. The summed E-state index contributed by atoms with van der Waals surface area (Å²) in [6.07, 6.45) is 4.10. The Labute approximate surface area is 195 Å². The van der Waals surface area contributed by atoms with Crippen LogP contribution < -0.4 is 4.74 Å². The van der Waals surface area contributed by atoms with Crippen LogP contribution in [0.3, 0.4) is 0 Å². The van der Waals surface area contributed by atoms with Crippen LogP contribution >= 0.6 is 11.8 Å². The lowest BCUT2D eigenvalue weighted by molar-refractivity contribution is 0.242. The van der Waals surface area contributed by atoms with E-state index in [1.54, 1.807) is 12.1 Å². The van der Waals surface area contributed by atoms with Crippen LogP contribution in [0, 0.1) is 0 Å². The number of hydrogen-bond acceptors (Lipinski definition) is 4. The van der Waals surface area contributed by atoms with E-state index in [4.69, 9.17) is 4.74 Å². The van der Waals surface area contributed by atoms with Gasteiger partial charge in [0.05, 0.1) is 6.61 Å². The lowest BCUT2D eigenvalue weighted by atomic mass is 9.76. The van der Waals surface area contributed by atoms with Gasteiger partial charge in [-0.05, 0) is 55.3 Å². The predicted octanol–water partition coefficient (Wildman–Crippen LogP) is 6.28. The van der Waals surface area contributed by atoms with Crippen molar-refractivity contribution in [3.63, 3.8) is 0 Å². The van der Waals surface area contributed by atoms with Crippen molar-refractivity contribution >= 4 is 11.8 Å². The third-order valence-electron chi connectivity index (χ3n) is 6.74. The second-order valence-corrected chi connectivity index (χ2v) is 10.0. The SMILES string of the molecule is Oc1ccc2c(c1)OC[C@H](c1ccccc1)[C@@H]2c1ccc(SCCN2CCCCC2)cc1. The minimum atomic E-state index is 0.203. The van der Waals surface area contributed by atoms with Gasteiger partial charge in [0.25, 0.3) is 0 Å².